The van der Waals surface area contributed by atoms with Gasteiger partial charge in [-0.05, 0) is 19.6 Å². The lowest BCUT2D eigenvalue weighted by Crippen LogP contribution is -2.13. The third kappa shape index (κ3) is 4.59. The summed E-state index contributed by atoms with van der Waals surface area (Å²) in [5.41, 5.74) is 1.17. The van der Waals surface area contributed by atoms with Gasteiger partial charge in [0.2, 0.25) is 0 Å². The van der Waals surface area contributed by atoms with Crippen LogP contribution in [0.3, 0.4) is 0 Å². The third-order valence-electron chi connectivity index (χ3n) is 1.49. The Hall–Kier alpha value is 0.180. The number of hydrogen-bond donors (Lipinski definition) is 0. The van der Waals surface area contributed by atoms with Crippen LogP contribution in [0.1, 0.15) is 26.7 Å². The molecule has 0 aromatic heterocycles. The summed E-state index contributed by atoms with van der Waals surface area (Å²) in [4.78, 5) is 1.15. The van der Waals surface area contributed by atoms with Gasteiger partial charge in [-0.15, -0.1) is 0 Å². The van der Waals surface area contributed by atoms with E-state index in [9.17, 15) is 0 Å². The SMILES string of the molecule is C=C(C)CC(=S)C(CC)SC. The first-order valence-electron chi connectivity index (χ1n) is 3.81. The Morgan fingerprint density at radius 3 is 2.45 bits per heavy atom. The molecule has 0 N–H and O–H groups in total. The van der Waals surface area contributed by atoms with Gasteiger partial charge in [0.25, 0.3) is 0 Å². The first-order chi connectivity index (χ1) is 5.11. The van der Waals surface area contributed by atoms with E-state index in [-0.39, 0.29) is 0 Å². The van der Waals surface area contributed by atoms with Crippen molar-refractivity contribution in [1.29, 1.82) is 0 Å². The van der Waals surface area contributed by atoms with Crippen LogP contribution in [-0.4, -0.2) is 16.4 Å². The summed E-state index contributed by atoms with van der Waals surface area (Å²) >= 11 is 7.11. The second-order valence-electron chi connectivity index (χ2n) is 2.73. The van der Waals surface area contributed by atoms with Crippen LogP contribution in [0.15, 0.2) is 12.2 Å². The Bertz CT molecular complexity index is 146. The van der Waals surface area contributed by atoms with E-state index in [4.69, 9.17) is 12.2 Å². The van der Waals surface area contributed by atoms with Crippen molar-refractivity contribution in [2.24, 2.45) is 0 Å². The first-order valence-corrected chi connectivity index (χ1v) is 5.51. The molecule has 0 aromatic rings. The van der Waals surface area contributed by atoms with Crippen LogP contribution in [0.4, 0.5) is 0 Å². The van der Waals surface area contributed by atoms with E-state index >= 15 is 0 Å². The number of thiocarbonyl (C=S) groups is 1. The monoisotopic (exact) mass is 188 g/mol. The molecule has 11 heavy (non-hydrogen) atoms. The van der Waals surface area contributed by atoms with Gasteiger partial charge in [-0.3, -0.25) is 0 Å². The lowest BCUT2D eigenvalue weighted by Gasteiger charge is -2.12. The maximum Gasteiger partial charge on any atom is 0.0358 e. The largest absolute Gasteiger partial charge is 0.157 e. The van der Waals surface area contributed by atoms with E-state index in [2.05, 4.69) is 19.8 Å². The minimum atomic E-state index is 0.543. The van der Waals surface area contributed by atoms with Gasteiger partial charge in [-0.25, -0.2) is 0 Å². The van der Waals surface area contributed by atoms with Crippen molar-refractivity contribution in [3.8, 4) is 0 Å². The molecule has 0 amide bonds. The molecule has 0 nitrogen and oxygen atoms in total. The van der Waals surface area contributed by atoms with Crippen molar-refractivity contribution in [2.75, 3.05) is 6.26 Å². The summed E-state index contributed by atoms with van der Waals surface area (Å²) in [6.07, 6.45) is 4.15. The molecular weight excluding hydrogens is 172 g/mol. The van der Waals surface area contributed by atoms with E-state index in [1.807, 2.05) is 18.7 Å². The Labute approximate surface area is 79.5 Å². The van der Waals surface area contributed by atoms with Crippen molar-refractivity contribution in [1.82, 2.24) is 0 Å². The van der Waals surface area contributed by atoms with Gasteiger partial charge in [0.05, 0.1) is 0 Å². The molecule has 1 atom stereocenters. The highest BCUT2D eigenvalue weighted by molar-refractivity contribution is 8.01. The summed E-state index contributed by atoms with van der Waals surface area (Å²) in [6.45, 7) is 8.05. The van der Waals surface area contributed by atoms with Crippen molar-refractivity contribution in [3.05, 3.63) is 12.2 Å². The summed E-state index contributed by atoms with van der Waals surface area (Å²) in [6, 6.07) is 0. The first kappa shape index (κ1) is 11.2. The second-order valence-corrected chi connectivity index (χ2v) is 4.30. The Morgan fingerprint density at radius 2 is 2.18 bits per heavy atom. The predicted molar refractivity (Wildman–Crippen MR) is 59.6 cm³/mol. The number of allylic oxidation sites excluding steroid dienone is 1. The highest BCUT2D eigenvalue weighted by atomic mass is 32.2. The van der Waals surface area contributed by atoms with Crippen LogP contribution in [0.25, 0.3) is 0 Å². The molecule has 0 aliphatic carbocycles. The average molecular weight is 188 g/mol. The molecular formula is C9H16S2. The molecule has 0 saturated heterocycles. The molecule has 0 bridgehead atoms. The van der Waals surface area contributed by atoms with Crippen molar-refractivity contribution in [3.63, 3.8) is 0 Å². The fourth-order valence-corrected chi connectivity index (χ4v) is 2.32. The van der Waals surface area contributed by atoms with Crippen LogP contribution in [0.2, 0.25) is 0 Å². The third-order valence-corrected chi connectivity index (χ3v) is 3.26. The smallest absolute Gasteiger partial charge is 0.0358 e. The summed E-state index contributed by atoms with van der Waals surface area (Å²) in [5.74, 6) is 0. The van der Waals surface area contributed by atoms with Crippen LogP contribution >= 0.6 is 24.0 Å². The van der Waals surface area contributed by atoms with Gasteiger partial charge in [0.15, 0.2) is 0 Å². The van der Waals surface area contributed by atoms with Crippen LogP contribution < -0.4 is 0 Å². The highest BCUT2D eigenvalue weighted by Gasteiger charge is 2.09. The fraction of sp³-hybridized carbons (Fsp3) is 0.667. The van der Waals surface area contributed by atoms with Gasteiger partial charge in [0.1, 0.15) is 0 Å². The standard InChI is InChI=1S/C9H16S2/c1-5-9(11-4)8(10)6-7(2)3/h9H,2,5-6H2,1,3-4H3. The topological polar surface area (TPSA) is 0 Å². The molecule has 0 heterocycles. The van der Waals surface area contributed by atoms with Gasteiger partial charge >= 0.3 is 0 Å². The van der Waals surface area contributed by atoms with Crippen LogP contribution in [0.5, 0.6) is 0 Å². The molecule has 0 aliphatic heterocycles. The van der Waals surface area contributed by atoms with Crippen molar-refractivity contribution >= 4 is 28.8 Å². The molecule has 0 aliphatic rings. The molecule has 0 radical (unpaired) electrons. The maximum atomic E-state index is 5.27. The molecule has 0 fully saturated rings. The van der Waals surface area contributed by atoms with Gasteiger partial charge in [0, 0.05) is 16.5 Å². The number of rotatable bonds is 5. The molecule has 1 unspecified atom stereocenters. The maximum absolute atomic E-state index is 5.27. The van der Waals surface area contributed by atoms with Gasteiger partial charge in [-0.2, -0.15) is 11.8 Å². The van der Waals surface area contributed by atoms with Gasteiger partial charge in [-0.1, -0.05) is 31.3 Å². The van der Waals surface area contributed by atoms with Crippen LogP contribution in [0, 0.1) is 0 Å². The van der Waals surface area contributed by atoms with E-state index in [0.717, 1.165) is 17.7 Å². The van der Waals surface area contributed by atoms with E-state index < -0.39 is 0 Å². The second kappa shape index (κ2) is 5.78. The highest BCUT2D eigenvalue weighted by Crippen LogP contribution is 2.16. The quantitative estimate of drug-likeness (QED) is 0.478. The Balaban J connectivity index is 3.89. The average Bonchev–Trinajstić information content (AvgIpc) is 1.88. The normalized spacial score (nSPS) is 12.6. The summed E-state index contributed by atoms with van der Waals surface area (Å²) in [5, 5.41) is 0.543. The zero-order chi connectivity index (χ0) is 8.85. The molecule has 2 heteroatoms. The Kier molecular flexibility index (Phi) is 5.88. The number of hydrogen-bond acceptors (Lipinski definition) is 2. The van der Waals surface area contributed by atoms with Gasteiger partial charge < -0.3 is 0 Å². The predicted octanol–water partition coefficient (Wildman–Crippen LogP) is 3.46. The van der Waals surface area contributed by atoms with E-state index in [0.29, 0.717) is 5.25 Å². The molecule has 0 saturated carbocycles. The molecule has 0 spiro atoms. The minimum Gasteiger partial charge on any atom is -0.157 e. The molecule has 0 rings (SSSR count). The van der Waals surface area contributed by atoms with Crippen molar-refractivity contribution in [2.45, 2.75) is 31.9 Å². The summed E-state index contributed by atoms with van der Waals surface area (Å²) in [7, 11) is 0. The number of thioether (sulfide) groups is 1. The van der Waals surface area contributed by atoms with Crippen molar-refractivity contribution < 1.29 is 0 Å². The summed E-state index contributed by atoms with van der Waals surface area (Å²) < 4.78 is 0. The fourth-order valence-electron chi connectivity index (χ4n) is 0.937. The lowest BCUT2D eigenvalue weighted by molar-refractivity contribution is 1.01. The zero-order valence-electron chi connectivity index (χ0n) is 7.52. The molecule has 64 valence electrons. The van der Waals surface area contributed by atoms with Crippen LogP contribution in [-0.2, 0) is 0 Å². The van der Waals surface area contributed by atoms with E-state index in [1.165, 1.54) is 5.57 Å². The van der Waals surface area contributed by atoms with E-state index in [1.54, 1.807) is 0 Å². The Morgan fingerprint density at radius 1 is 1.64 bits per heavy atom. The minimum absolute atomic E-state index is 0.543. The lowest BCUT2D eigenvalue weighted by atomic mass is 10.1. The molecule has 0 aromatic carbocycles. The zero-order valence-corrected chi connectivity index (χ0v) is 9.15.